The summed E-state index contributed by atoms with van der Waals surface area (Å²) in [7, 11) is 1.55. The van der Waals surface area contributed by atoms with E-state index < -0.39 is 12.5 Å². The Balaban J connectivity index is 1.84. The molecule has 0 aromatic heterocycles. The Morgan fingerprint density at radius 2 is 1.84 bits per heavy atom. The third kappa shape index (κ3) is 6.09. The van der Waals surface area contributed by atoms with E-state index in [2.05, 4.69) is 15.3 Å². The van der Waals surface area contributed by atoms with Crippen molar-refractivity contribution in [3.63, 3.8) is 0 Å². The number of carbonyl (C=O) groups is 1. The van der Waals surface area contributed by atoms with Gasteiger partial charge < -0.3 is 14.2 Å². The molecule has 0 bridgehead atoms. The van der Waals surface area contributed by atoms with Crippen molar-refractivity contribution < 1.29 is 27.8 Å². The number of benzene rings is 2. The van der Waals surface area contributed by atoms with Crippen LogP contribution in [0.2, 0.25) is 0 Å². The van der Waals surface area contributed by atoms with E-state index in [-0.39, 0.29) is 12.4 Å². The fraction of sp³-hybridized carbons (Fsp3) is 0.176. The van der Waals surface area contributed by atoms with Crippen LogP contribution in [0.1, 0.15) is 5.56 Å². The largest absolute Gasteiger partial charge is 0.497 e. The molecule has 132 valence electrons. The van der Waals surface area contributed by atoms with Gasteiger partial charge in [-0.15, -0.1) is 0 Å². The number of amides is 1. The van der Waals surface area contributed by atoms with E-state index in [1.165, 1.54) is 18.3 Å². The van der Waals surface area contributed by atoms with Crippen LogP contribution in [0.3, 0.4) is 0 Å². The van der Waals surface area contributed by atoms with E-state index in [1.807, 2.05) is 0 Å². The Hall–Kier alpha value is -3.16. The standard InChI is InChI=1S/C17H16F2N2O4/c1-23-13-6-8-14(9-7-13)24-11-16(22)21-20-10-12-4-2-3-5-15(12)25-17(18)19/h2-10,17H,11H2,1H3,(H,21,22)/b20-10-. The summed E-state index contributed by atoms with van der Waals surface area (Å²) in [6, 6.07) is 12.8. The highest BCUT2D eigenvalue weighted by molar-refractivity contribution is 5.85. The highest BCUT2D eigenvalue weighted by Crippen LogP contribution is 2.18. The molecule has 0 unspecified atom stereocenters. The van der Waals surface area contributed by atoms with Crippen molar-refractivity contribution in [3.05, 3.63) is 54.1 Å². The molecule has 0 saturated carbocycles. The molecule has 0 atom stereocenters. The lowest BCUT2D eigenvalue weighted by molar-refractivity contribution is -0.123. The highest BCUT2D eigenvalue weighted by Gasteiger charge is 2.07. The molecule has 8 heteroatoms. The molecule has 0 radical (unpaired) electrons. The Labute approximate surface area is 143 Å². The smallest absolute Gasteiger partial charge is 0.387 e. The van der Waals surface area contributed by atoms with Gasteiger partial charge in [-0.3, -0.25) is 4.79 Å². The molecular weight excluding hydrogens is 334 g/mol. The summed E-state index contributed by atoms with van der Waals surface area (Å²) in [5.74, 6) is 0.631. The number of hydrogen-bond donors (Lipinski definition) is 1. The van der Waals surface area contributed by atoms with E-state index in [9.17, 15) is 13.6 Å². The number of methoxy groups -OCH3 is 1. The van der Waals surface area contributed by atoms with Gasteiger partial charge in [0.1, 0.15) is 17.2 Å². The molecule has 1 N–H and O–H groups in total. The SMILES string of the molecule is COc1ccc(OCC(=O)N/N=C\c2ccccc2OC(F)F)cc1. The van der Waals surface area contributed by atoms with Crippen LogP contribution >= 0.6 is 0 Å². The Bertz CT molecular complexity index is 721. The molecule has 0 fully saturated rings. The summed E-state index contributed by atoms with van der Waals surface area (Å²) in [4.78, 5) is 11.7. The number of para-hydroxylation sites is 1. The van der Waals surface area contributed by atoms with Crippen LogP contribution in [0.4, 0.5) is 8.78 Å². The first-order valence-electron chi connectivity index (χ1n) is 7.21. The van der Waals surface area contributed by atoms with Crippen molar-refractivity contribution in [1.29, 1.82) is 0 Å². The second-order valence-electron chi connectivity index (χ2n) is 4.67. The van der Waals surface area contributed by atoms with Crippen LogP contribution in [0.25, 0.3) is 0 Å². The highest BCUT2D eigenvalue weighted by atomic mass is 19.3. The maximum absolute atomic E-state index is 12.3. The van der Waals surface area contributed by atoms with E-state index in [4.69, 9.17) is 9.47 Å². The van der Waals surface area contributed by atoms with Crippen molar-refractivity contribution in [2.75, 3.05) is 13.7 Å². The second-order valence-corrected chi connectivity index (χ2v) is 4.67. The molecule has 25 heavy (non-hydrogen) atoms. The number of hydrazone groups is 1. The number of nitrogens with zero attached hydrogens (tertiary/aromatic N) is 1. The molecule has 2 aromatic rings. The van der Waals surface area contributed by atoms with Gasteiger partial charge in [-0.05, 0) is 36.4 Å². The maximum atomic E-state index is 12.3. The van der Waals surface area contributed by atoms with Gasteiger partial charge in [0.05, 0.1) is 13.3 Å². The van der Waals surface area contributed by atoms with Crippen LogP contribution in [-0.4, -0.2) is 32.4 Å². The summed E-state index contributed by atoms with van der Waals surface area (Å²) in [5, 5.41) is 3.70. The van der Waals surface area contributed by atoms with Crippen LogP contribution < -0.4 is 19.6 Å². The molecule has 2 rings (SSSR count). The quantitative estimate of drug-likeness (QED) is 0.587. The zero-order valence-electron chi connectivity index (χ0n) is 13.3. The maximum Gasteiger partial charge on any atom is 0.387 e. The zero-order chi connectivity index (χ0) is 18.1. The summed E-state index contributed by atoms with van der Waals surface area (Å²) in [6.45, 7) is -3.19. The molecule has 2 aromatic carbocycles. The molecule has 0 heterocycles. The number of halogens is 2. The first-order valence-corrected chi connectivity index (χ1v) is 7.21. The van der Waals surface area contributed by atoms with Crippen molar-refractivity contribution in [2.24, 2.45) is 5.10 Å². The molecule has 0 saturated heterocycles. The summed E-state index contributed by atoms with van der Waals surface area (Å²) in [6.07, 6.45) is 1.21. The first-order chi connectivity index (χ1) is 12.1. The molecule has 0 aliphatic carbocycles. The molecule has 6 nitrogen and oxygen atoms in total. The van der Waals surface area contributed by atoms with Gasteiger partial charge >= 0.3 is 6.61 Å². The van der Waals surface area contributed by atoms with Crippen LogP contribution in [0.15, 0.2) is 53.6 Å². The number of hydrogen-bond acceptors (Lipinski definition) is 5. The molecule has 0 aliphatic rings. The second kappa shape index (κ2) is 9.21. The Morgan fingerprint density at radius 1 is 1.16 bits per heavy atom. The predicted molar refractivity (Wildman–Crippen MR) is 87.3 cm³/mol. The lowest BCUT2D eigenvalue weighted by Crippen LogP contribution is -2.24. The zero-order valence-corrected chi connectivity index (χ0v) is 13.3. The Kier molecular flexibility index (Phi) is 6.70. The van der Waals surface area contributed by atoms with Gasteiger partial charge in [-0.1, -0.05) is 12.1 Å². The summed E-state index contributed by atoms with van der Waals surface area (Å²) < 4.78 is 39.2. The number of ether oxygens (including phenoxy) is 3. The van der Waals surface area contributed by atoms with E-state index in [1.54, 1.807) is 43.5 Å². The number of carbonyl (C=O) groups excluding carboxylic acids is 1. The van der Waals surface area contributed by atoms with E-state index in [0.717, 1.165) is 0 Å². The van der Waals surface area contributed by atoms with Crippen LogP contribution in [0, 0.1) is 0 Å². The number of alkyl halides is 2. The van der Waals surface area contributed by atoms with Crippen molar-refractivity contribution in [2.45, 2.75) is 6.61 Å². The fourth-order valence-electron chi connectivity index (χ4n) is 1.82. The van der Waals surface area contributed by atoms with Gasteiger partial charge in [0.15, 0.2) is 6.61 Å². The van der Waals surface area contributed by atoms with Gasteiger partial charge in [0, 0.05) is 5.56 Å². The predicted octanol–water partition coefficient (Wildman–Crippen LogP) is 2.83. The van der Waals surface area contributed by atoms with Crippen molar-refractivity contribution in [1.82, 2.24) is 5.43 Å². The lowest BCUT2D eigenvalue weighted by atomic mass is 10.2. The minimum atomic E-state index is -2.94. The molecular formula is C17H16F2N2O4. The topological polar surface area (TPSA) is 69.2 Å². The third-order valence-corrected chi connectivity index (χ3v) is 2.96. The normalized spacial score (nSPS) is 10.7. The van der Waals surface area contributed by atoms with Crippen molar-refractivity contribution in [3.8, 4) is 17.2 Å². The van der Waals surface area contributed by atoms with Gasteiger partial charge in [0.25, 0.3) is 5.91 Å². The van der Waals surface area contributed by atoms with Crippen LogP contribution in [0.5, 0.6) is 17.2 Å². The number of nitrogens with one attached hydrogen (secondary N) is 1. The average molecular weight is 350 g/mol. The van der Waals surface area contributed by atoms with Gasteiger partial charge in [0.2, 0.25) is 0 Å². The molecule has 1 amide bonds. The van der Waals surface area contributed by atoms with Crippen LogP contribution in [-0.2, 0) is 4.79 Å². The lowest BCUT2D eigenvalue weighted by Gasteiger charge is -2.07. The third-order valence-electron chi connectivity index (χ3n) is 2.96. The summed E-state index contributed by atoms with van der Waals surface area (Å²) in [5.41, 5.74) is 2.55. The molecule has 0 aliphatic heterocycles. The minimum absolute atomic E-state index is 0.0371. The fourth-order valence-corrected chi connectivity index (χ4v) is 1.82. The Morgan fingerprint density at radius 3 is 2.52 bits per heavy atom. The monoisotopic (exact) mass is 350 g/mol. The average Bonchev–Trinajstić information content (AvgIpc) is 2.61. The van der Waals surface area contributed by atoms with Gasteiger partial charge in [-0.25, -0.2) is 5.43 Å². The molecule has 0 spiro atoms. The van der Waals surface area contributed by atoms with E-state index >= 15 is 0 Å². The minimum Gasteiger partial charge on any atom is -0.497 e. The number of rotatable bonds is 8. The first kappa shape index (κ1) is 18.2. The van der Waals surface area contributed by atoms with E-state index in [0.29, 0.717) is 17.1 Å². The summed E-state index contributed by atoms with van der Waals surface area (Å²) >= 11 is 0. The van der Waals surface area contributed by atoms with Gasteiger partial charge in [-0.2, -0.15) is 13.9 Å². The van der Waals surface area contributed by atoms with Crippen molar-refractivity contribution >= 4 is 12.1 Å².